The van der Waals surface area contributed by atoms with Gasteiger partial charge in [-0.25, -0.2) is 0 Å². The van der Waals surface area contributed by atoms with Gasteiger partial charge in [-0.2, -0.15) is 9.47 Å². The Bertz CT molecular complexity index is 1080. The van der Waals surface area contributed by atoms with Gasteiger partial charge in [-0.05, 0) is 30.1 Å². The molecule has 0 fully saturated rings. The van der Waals surface area contributed by atoms with Crippen molar-refractivity contribution in [1.82, 2.24) is 24.5 Å². The van der Waals surface area contributed by atoms with Gasteiger partial charge in [0.15, 0.2) is 0 Å². The molecule has 0 amide bonds. The summed E-state index contributed by atoms with van der Waals surface area (Å²) in [5.41, 5.74) is 4.07. The third-order valence-electron chi connectivity index (χ3n) is 4.76. The number of pyridine rings is 2. The largest absolute Gasteiger partial charge is 0.281 e. The minimum atomic E-state index is -0.0624. The highest BCUT2D eigenvalue weighted by molar-refractivity contribution is 7.07. The van der Waals surface area contributed by atoms with Gasteiger partial charge in [-0.15, -0.1) is 0 Å². The van der Waals surface area contributed by atoms with Crippen LogP contribution >= 0.6 is 11.5 Å². The van der Waals surface area contributed by atoms with Crippen LogP contribution in [0.1, 0.15) is 50.9 Å². The first kappa shape index (κ1) is 17.1. The highest BCUT2D eigenvalue weighted by atomic mass is 32.1. The van der Waals surface area contributed by atoms with Crippen LogP contribution in [-0.4, -0.2) is 24.5 Å². The number of nitrogens with one attached hydrogen (secondary N) is 1. The maximum atomic E-state index is 4.67. The summed E-state index contributed by atoms with van der Waals surface area (Å²) in [4.78, 5) is 10.1. The second-order valence-corrected chi connectivity index (χ2v) is 9.28. The predicted octanol–water partition coefficient (Wildman–Crippen LogP) is 4.78. The molecule has 0 saturated carbocycles. The average Bonchev–Trinajstić information content (AvgIpc) is 3.18. The van der Waals surface area contributed by atoms with Gasteiger partial charge in [0, 0.05) is 44.1 Å². The number of fused-ring (bicyclic) bond motifs is 2. The van der Waals surface area contributed by atoms with E-state index >= 15 is 0 Å². The van der Waals surface area contributed by atoms with Gasteiger partial charge in [0.05, 0.1) is 12.4 Å². The van der Waals surface area contributed by atoms with Crippen LogP contribution in [-0.2, 0) is 17.3 Å². The first-order valence-electron chi connectivity index (χ1n) is 8.79. The van der Waals surface area contributed by atoms with Crippen molar-refractivity contribution in [3.8, 4) is 0 Å². The van der Waals surface area contributed by atoms with Gasteiger partial charge < -0.3 is 0 Å². The maximum absolute atomic E-state index is 4.67. The number of aromatic nitrogens is 5. The zero-order valence-electron chi connectivity index (χ0n) is 15.8. The normalized spacial score (nSPS) is 13.0. The molecule has 4 aromatic rings. The number of aromatic amines is 1. The summed E-state index contributed by atoms with van der Waals surface area (Å²) in [5.74, 6) is 0. The second kappa shape index (κ2) is 5.84. The van der Waals surface area contributed by atoms with E-state index in [1.54, 1.807) is 11.5 Å². The van der Waals surface area contributed by atoms with E-state index in [2.05, 4.69) is 71.3 Å². The van der Waals surface area contributed by atoms with E-state index in [9.17, 15) is 0 Å². The Balaban J connectivity index is 1.74. The summed E-state index contributed by atoms with van der Waals surface area (Å²) < 4.78 is 4.56. The van der Waals surface area contributed by atoms with Crippen molar-refractivity contribution in [1.29, 1.82) is 0 Å². The molecule has 0 saturated heterocycles. The van der Waals surface area contributed by atoms with Gasteiger partial charge >= 0.3 is 0 Å². The Labute approximate surface area is 157 Å². The molecule has 0 radical (unpaired) electrons. The fraction of sp³-hybridized carbons (Fsp3) is 0.400. The smallest absolute Gasteiger partial charge is 0.111 e. The third kappa shape index (κ3) is 2.88. The van der Waals surface area contributed by atoms with E-state index in [0.717, 1.165) is 34.2 Å². The van der Waals surface area contributed by atoms with Crippen LogP contribution in [0.4, 0.5) is 0 Å². The van der Waals surface area contributed by atoms with Crippen molar-refractivity contribution < 1.29 is 0 Å². The molecule has 0 bridgehead atoms. The molecule has 0 aliphatic rings. The molecule has 0 unspecified atom stereocenters. The first-order chi connectivity index (χ1) is 12.3. The summed E-state index contributed by atoms with van der Waals surface area (Å²) in [6, 6.07) is 4.24. The molecule has 4 heterocycles. The SMILES string of the molecule is CC(C)(C)c1[nH]nc2cnc(CC(C)(C)c3snc4cnccc34)cc12. The minimum Gasteiger partial charge on any atom is -0.281 e. The van der Waals surface area contributed by atoms with Gasteiger partial charge in [-0.3, -0.25) is 15.1 Å². The van der Waals surface area contributed by atoms with E-state index in [1.807, 2.05) is 18.6 Å². The van der Waals surface area contributed by atoms with Crippen LogP contribution in [0.2, 0.25) is 0 Å². The molecule has 6 heteroatoms. The topological polar surface area (TPSA) is 67.3 Å². The lowest BCUT2D eigenvalue weighted by atomic mass is 9.84. The molecule has 1 N–H and O–H groups in total. The van der Waals surface area contributed by atoms with E-state index in [4.69, 9.17) is 0 Å². The summed E-state index contributed by atoms with van der Waals surface area (Å²) in [6.07, 6.45) is 6.39. The number of rotatable bonds is 3. The Morgan fingerprint density at radius 2 is 1.85 bits per heavy atom. The molecule has 26 heavy (non-hydrogen) atoms. The lowest BCUT2D eigenvalue weighted by Crippen LogP contribution is -2.20. The lowest BCUT2D eigenvalue weighted by molar-refractivity contribution is 0.530. The first-order valence-corrected chi connectivity index (χ1v) is 9.56. The van der Waals surface area contributed by atoms with Crippen molar-refractivity contribution in [2.45, 2.75) is 51.9 Å². The summed E-state index contributed by atoms with van der Waals surface area (Å²) in [5, 5.41) is 9.95. The van der Waals surface area contributed by atoms with Gasteiger partial charge in [0.2, 0.25) is 0 Å². The van der Waals surface area contributed by atoms with Crippen LogP contribution in [0, 0.1) is 0 Å². The van der Waals surface area contributed by atoms with E-state index in [1.165, 1.54) is 10.3 Å². The Morgan fingerprint density at radius 1 is 1.04 bits per heavy atom. The molecule has 5 nitrogen and oxygen atoms in total. The quantitative estimate of drug-likeness (QED) is 0.567. The molecular weight excluding hydrogens is 342 g/mol. The van der Waals surface area contributed by atoms with E-state index < -0.39 is 0 Å². The molecule has 4 aromatic heterocycles. The number of hydrogen-bond donors (Lipinski definition) is 1. The Kier molecular flexibility index (Phi) is 3.84. The van der Waals surface area contributed by atoms with Crippen LogP contribution in [0.5, 0.6) is 0 Å². The zero-order valence-corrected chi connectivity index (χ0v) is 16.6. The second-order valence-electron chi connectivity index (χ2n) is 8.51. The van der Waals surface area contributed by atoms with Gasteiger partial charge in [-0.1, -0.05) is 34.6 Å². The highest BCUT2D eigenvalue weighted by Gasteiger charge is 2.27. The number of nitrogens with zero attached hydrogens (tertiary/aromatic N) is 4. The summed E-state index contributed by atoms with van der Waals surface area (Å²) in [7, 11) is 0. The van der Waals surface area contributed by atoms with Crippen molar-refractivity contribution in [2.75, 3.05) is 0 Å². The average molecular weight is 366 g/mol. The standard InChI is InChI=1S/C20H23N5S/c1-19(2,3)17-14-8-12(22-11-15(14)23-24-17)9-20(4,5)18-13-6-7-21-10-16(13)25-26-18/h6-8,10-11H,9H2,1-5H3,(H,23,24). The van der Waals surface area contributed by atoms with Crippen molar-refractivity contribution in [2.24, 2.45) is 0 Å². The fourth-order valence-corrected chi connectivity index (χ4v) is 4.37. The molecule has 0 aliphatic carbocycles. The fourth-order valence-electron chi connectivity index (χ4n) is 3.44. The van der Waals surface area contributed by atoms with Gasteiger partial charge in [0.25, 0.3) is 0 Å². The Morgan fingerprint density at radius 3 is 2.62 bits per heavy atom. The van der Waals surface area contributed by atoms with Crippen LogP contribution < -0.4 is 0 Å². The van der Waals surface area contributed by atoms with Crippen molar-refractivity contribution in [3.63, 3.8) is 0 Å². The highest BCUT2D eigenvalue weighted by Crippen LogP contribution is 2.36. The third-order valence-corrected chi connectivity index (χ3v) is 6.01. The zero-order chi connectivity index (χ0) is 18.5. The molecule has 0 aromatic carbocycles. The number of hydrogen-bond acceptors (Lipinski definition) is 5. The molecule has 0 spiro atoms. The van der Waals surface area contributed by atoms with E-state index in [-0.39, 0.29) is 10.8 Å². The lowest BCUT2D eigenvalue weighted by Gasteiger charge is -2.23. The Hall–Kier alpha value is -2.34. The molecule has 0 aliphatic heterocycles. The molecule has 0 atom stereocenters. The van der Waals surface area contributed by atoms with Crippen LogP contribution in [0.15, 0.2) is 30.7 Å². The predicted molar refractivity (Wildman–Crippen MR) is 107 cm³/mol. The van der Waals surface area contributed by atoms with Crippen molar-refractivity contribution >= 4 is 33.3 Å². The minimum absolute atomic E-state index is 0.0176. The van der Waals surface area contributed by atoms with Crippen LogP contribution in [0.25, 0.3) is 21.8 Å². The van der Waals surface area contributed by atoms with Crippen molar-refractivity contribution in [3.05, 3.63) is 47.0 Å². The van der Waals surface area contributed by atoms with Gasteiger partial charge in [0.1, 0.15) is 11.0 Å². The number of H-pyrrole nitrogens is 1. The molecular formula is C20H23N5S. The van der Waals surface area contributed by atoms with Crippen LogP contribution in [0.3, 0.4) is 0 Å². The summed E-state index contributed by atoms with van der Waals surface area (Å²) >= 11 is 1.57. The monoisotopic (exact) mass is 365 g/mol. The summed E-state index contributed by atoms with van der Waals surface area (Å²) in [6.45, 7) is 11.1. The van der Waals surface area contributed by atoms with E-state index in [0.29, 0.717) is 0 Å². The molecule has 4 rings (SSSR count). The maximum Gasteiger partial charge on any atom is 0.111 e. The molecule has 134 valence electrons.